The van der Waals surface area contributed by atoms with E-state index in [0.29, 0.717) is 5.56 Å². The molecule has 0 bridgehead atoms. The van der Waals surface area contributed by atoms with E-state index in [1.54, 1.807) is 18.2 Å². The zero-order valence-corrected chi connectivity index (χ0v) is 13.7. The molecule has 0 radical (unpaired) electrons. The molecular formula is C17H19F3O4. The van der Waals surface area contributed by atoms with E-state index in [1.165, 1.54) is 13.8 Å². The fraction of sp³-hybridized carbons (Fsp3) is 0.412. The topological polar surface area (TPSA) is 52.6 Å². The summed E-state index contributed by atoms with van der Waals surface area (Å²) in [7, 11) is 0. The number of ether oxygens (including phenoxy) is 2. The maximum Gasteiger partial charge on any atom is 0.422 e. The van der Waals surface area contributed by atoms with Crippen molar-refractivity contribution < 1.29 is 32.2 Å². The molecule has 0 N–H and O–H groups in total. The van der Waals surface area contributed by atoms with Crippen molar-refractivity contribution in [1.29, 1.82) is 0 Å². The number of carbonyl (C=O) groups is 2. The van der Waals surface area contributed by atoms with E-state index < -0.39 is 29.3 Å². The Morgan fingerprint density at radius 1 is 1.21 bits per heavy atom. The molecule has 24 heavy (non-hydrogen) atoms. The molecule has 1 aromatic carbocycles. The first-order valence-electron chi connectivity index (χ1n) is 7.15. The van der Waals surface area contributed by atoms with Crippen LogP contribution in [0.4, 0.5) is 13.2 Å². The van der Waals surface area contributed by atoms with Crippen molar-refractivity contribution in [3.8, 4) is 0 Å². The van der Waals surface area contributed by atoms with Crippen LogP contribution in [0.1, 0.15) is 36.2 Å². The molecule has 0 spiro atoms. The summed E-state index contributed by atoms with van der Waals surface area (Å²) in [5.74, 6) is -2.10. The smallest absolute Gasteiger partial charge is 0.422 e. The highest BCUT2D eigenvalue weighted by Gasteiger charge is 2.39. The third-order valence-electron chi connectivity index (χ3n) is 3.15. The van der Waals surface area contributed by atoms with E-state index in [9.17, 15) is 22.8 Å². The first kappa shape index (κ1) is 19.7. The lowest BCUT2D eigenvalue weighted by molar-refractivity contribution is -0.162. The fourth-order valence-corrected chi connectivity index (χ4v) is 1.72. The highest BCUT2D eigenvalue weighted by molar-refractivity contribution is 5.90. The molecule has 1 rings (SSSR count). The summed E-state index contributed by atoms with van der Waals surface area (Å²) >= 11 is 0. The summed E-state index contributed by atoms with van der Waals surface area (Å²) in [6.07, 6.45) is -4.80. The Bertz CT molecular complexity index is 633. The average Bonchev–Trinajstić information content (AvgIpc) is 2.44. The molecule has 7 heteroatoms. The van der Waals surface area contributed by atoms with Gasteiger partial charge >= 0.3 is 18.1 Å². The second-order valence-corrected chi connectivity index (χ2v) is 5.88. The molecule has 0 unspecified atom stereocenters. The van der Waals surface area contributed by atoms with Gasteiger partial charge in [0.2, 0.25) is 0 Å². The second kappa shape index (κ2) is 7.51. The van der Waals surface area contributed by atoms with Crippen molar-refractivity contribution in [3.63, 3.8) is 0 Å². The predicted octanol–water partition coefficient (Wildman–Crippen LogP) is 3.98. The van der Waals surface area contributed by atoms with E-state index in [-0.39, 0.29) is 13.0 Å². The summed E-state index contributed by atoms with van der Waals surface area (Å²) in [5, 5.41) is 0. The summed E-state index contributed by atoms with van der Waals surface area (Å²) < 4.78 is 47.0. The number of halogens is 3. The third-order valence-corrected chi connectivity index (χ3v) is 3.15. The van der Waals surface area contributed by atoms with Gasteiger partial charge in [0.25, 0.3) is 0 Å². The number of alkyl halides is 3. The minimum absolute atomic E-state index is 0.0431. The third kappa shape index (κ3) is 6.06. The van der Waals surface area contributed by atoms with E-state index in [0.717, 1.165) is 5.56 Å². The Morgan fingerprint density at radius 3 is 2.38 bits per heavy atom. The van der Waals surface area contributed by atoms with Gasteiger partial charge in [-0.25, -0.2) is 9.59 Å². The number of hydrogen-bond donors (Lipinski definition) is 0. The lowest BCUT2D eigenvalue weighted by atomic mass is 10.1. The molecular weight excluding hydrogens is 325 g/mol. The standard InChI is InChI=1S/C17H19F3O4/c1-11-6-5-7-13(10-11)15(22)23-9-8-16(3,4)24-14(21)12(2)17(18,19)20/h5-7,10H,2,8-9H2,1,3-4H3. The van der Waals surface area contributed by atoms with Crippen LogP contribution in [0.2, 0.25) is 0 Å². The van der Waals surface area contributed by atoms with E-state index in [1.807, 2.05) is 13.0 Å². The van der Waals surface area contributed by atoms with Crippen molar-refractivity contribution in [2.24, 2.45) is 0 Å². The Kier molecular flexibility index (Phi) is 6.17. The van der Waals surface area contributed by atoms with Gasteiger partial charge in [0, 0.05) is 6.42 Å². The number of benzene rings is 1. The van der Waals surface area contributed by atoms with Crippen LogP contribution in [0.3, 0.4) is 0 Å². The van der Waals surface area contributed by atoms with E-state index in [4.69, 9.17) is 9.47 Å². The molecule has 0 atom stereocenters. The monoisotopic (exact) mass is 344 g/mol. The maximum atomic E-state index is 12.4. The highest BCUT2D eigenvalue weighted by atomic mass is 19.4. The van der Waals surface area contributed by atoms with Crippen molar-refractivity contribution >= 4 is 11.9 Å². The van der Waals surface area contributed by atoms with Crippen LogP contribution < -0.4 is 0 Å². The van der Waals surface area contributed by atoms with Gasteiger partial charge in [-0.05, 0) is 32.9 Å². The summed E-state index contributed by atoms with van der Waals surface area (Å²) in [6, 6.07) is 6.78. The van der Waals surface area contributed by atoms with Crippen molar-refractivity contribution in [1.82, 2.24) is 0 Å². The van der Waals surface area contributed by atoms with Crippen LogP contribution in [-0.2, 0) is 14.3 Å². The molecule has 0 amide bonds. The van der Waals surface area contributed by atoms with Gasteiger partial charge in [0.1, 0.15) is 11.2 Å². The zero-order chi connectivity index (χ0) is 18.5. The minimum Gasteiger partial charge on any atom is -0.462 e. The normalized spacial score (nSPS) is 11.8. The number of esters is 2. The Morgan fingerprint density at radius 2 is 1.83 bits per heavy atom. The minimum atomic E-state index is -4.84. The number of hydrogen-bond acceptors (Lipinski definition) is 4. The number of aryl methyl sites for hydroxylation is 1. The van der Waals surface area contributed by atoms with Gasteiger partial charge in [0.15, 0.2) is 0 Å². The van der Waals surface area contributed by atoms with E-state index in [2.05, 4.69) is 6.58 Å². The van der Waals surface area contributed by atoms with Gasteiger partial charge in [0.05, 0.1) is 12.2 Å². The zero-order valence-electron chi connectivity index (χ0n) is 13.7. The lowest BCUT2D eigenvalue weighted by Gasteiger charge is -2.25. The van der Waals surface area contributed by atoms with Gasteiger partial charge in [-0.3, -0.25) is 0 Å². The molecule has 0 aliphatic heterocycles. The fourth-order valence-electron chi connectivity index (χ4n) is 1.72. The molecule has 0 fully saturated rings. The average molecular weight is 344 g/mol. The van der Waals surface area contributed by atoms with Gasteiger partial charge in [-0.1, -0.05) is 24.3 Å². The quantitative estimate of drug-likeness (QED) is 0.578. The van der Waals surface area contributed by atoms with E-state index >= 15 is 0 Å². The van der Waals surface area contributed by atoms with Crippen LogP contribution in [0.25, 0.3) is 0 Å². The number of rotatable bonds is 6. The Labute approximate surface area is 138 Å². The molecule has 0 aromatic heterocycles. The van der Waals surface area contributed by atoms with Gasteiger partial charge in [-0.15, -0.1) is 0 Å². The molecule has 132 valence electrons. The van der Waals surface area contributed by atoms with Crippen LogP contribution in [-0.4, -0.2) is 30.3 Å². The summed E-state index contributed by atoms with van der Waals surface area (Å²) in [4.78, 5) is 23.3. The van der Waals surface area contributed by atoms with Crippen LogP contribution in [0.15, 0.2) is 36.4 Å². The van der Waals surface area contributed by atoms with Crippen LogP contribution in [0.5, 0.6) is 0 Å². The maximum absolute atomic E-state index is 12.4. The van der Waals surface area contributed by atoms with Crippen molar-refractivity contribution in [2.45, 2.75) is 39.0 Å². The van der Waals surface area contributed by atoms with Gasteiger partial charge in [-0.2, -0.15) is 13.2 Å². The Hall–Kier alpha value is -2.31. The summed E-state index contributed by atoms with van der Waals surface area (Å²) in [5.41, 5.74) is -1.55. The van der Waals surface area contributed by atoms with Crippen molar-refractivity contribution in [3.05, 3.63) is 47.5 Å². The molecule has 0 aliphatic rings. The first-order valence-corrected chi connectivity index (χ1v) is 7.15. The number of carbonyl (C=O) groups excluding carboxylic acids is 2. The van der Waals surface area contributed by atoms with Crippen LogP contribution in [0, 0.1) is 6.92 Å². The van der Waals surface area contributed by atoms with Crippen molar-refractivity contribution in [2.75, 3.05) is 6.61 Å². The van der Waals surface area contributed by atoms with Gasteiger partial charge < -0.3 is 9.47 Å². The highest BCUT2D eigenvalue weighted by Crippen LogP contribution is 2.27. The lowest BCUT2D eigenvalue weighted by Crippen LogP contribution is -2.33. The molecule has 0 heterocycles. The molecule has 4 nitrogen and oxygen atoms in total. The Balaban J connectivity index is 2.52. The second-order valence-electron chi connectivity index (χ2n) is 5.88. The SMILES string of the molecule is C=C(C(=O)OC(C)(C)CCOC(=O)c1cccc(C)c1)C(F)(F)F. The molecule has 1 aromatic rings. The first-order chi connectivity index (χ1) is 10.9. The summed E-state index contributed by atoms with van der Waals surface area (Å²) in [6.45, 7) is 7.25. The molecule has 0 saturated carbocycles. The molecule has 0 saturated heterocycles. The largest absolute Gasteiger partial charge is 0.462 e. The van der Waals surface area contributed by atoms with Crippen LogP contribution >= 0.6 is 0 Å². The molecule has 0 aliphatic carbocycles. The predicted molar refractivity (Wildman–Crippen MR) is 81.4 cm³/mol.